The van der Waals surface area contributed by atoms with Gasteiger partial charge in [0.05, 0.1) is 25.9 Å². The molecular weight excluding hydrogens is 400 g/mol. The molecule has 0 unspecified atom stereocenters. The first kappa shape index (κ1) is 21.9. The van der Waals surface area contributed by atoms with Crippen LogP contribution in [0, 0.1) is 11.8 Å². The third kappa shape index (κ3) is 4.07. The lowest BCUT2D eigenvalue weighted by Crippen LogP contribution is -2.63. The van der Waals surface area contributed by atoms with Crippen LogP contribution in [-0.2, 0) is 16.9 Å². The molecule has 2 aromatic rings. The van der Waals surface area contributed by atoms with Crippen LogP contribution in [0.4, 0.5) is 0 Å². The Bertz CT molecular complexity index is 897. The lowest BCUT2D eigenvalue weighted by Gasteiger charge is -2.52. The predicted molar refractivity (Wildman–Crippen MR) is 122 cm³/mol. The Hall–Kier alpha value is -1.95. The summed E-state index contributed by atoms with van der Waals surface area (Å²) in [5, 5.41) is 14.5. The van der Waals surface area contributed by atoms with E-state index < -0.39 is 5.60 Å². The highest BCUT2D eigenvalue weighted by Gasteiger charge is 2.47. The number of piperidine rings is 3. The fraction of sp³-hybridized carbons (Fsp3) is 0.593. The second-order valence-electron chi connectivity index (χ2n) is 10.2. The van der Waals surface area contributed by atoms with E-state index in [1.165, 1.54) is 19.3 Å². The van der Waals surface area contributed by atoms with Gasteiger partial charge in [-0.1, -0.05) is 68.5 Å². The summed E-state index contributed by atoms with van der Waals surface area (Å²) < 4.78 is 13.4. The summed E-state index contributed by atoms with van der Waals surface area (Å²) in [6, 6.07) is 9.77. The summed E-state index contributed by atoms with van der Waals surface area (Å²) in [5.41, 5.74) is -0.631. The van der Waals surface area contributed by atoms with Crippen molar-refractivity contribution in [3.63, 3.8) is 0 Å². The van der Waals surface area contributed by atoms with E-state index in [0.717, 1.165) is 67.7 Å². The van der Waals surface area contributed by atoms with E-state index in [1.807, 2.05) is 42.6 Å². The molecule has 3 aliphatic heterocycles. The SMILES string of the molecule is C=CCO[C@H]1C[N+]2(Cc3cnc([C@]([O-])(c4ccccc4)C4CCCCC4)o3)CCC1CC2. The van der Waals surface area contributed by atoms with E-state index in [-0.39, 0.29) is 5.92 Å². The topological polar surface area (TPSA) is 58.3 Å². The maximum Gasteiger partial charge on any atom is 0.188 e. The van der Waals surface area contributed by atoms with E-state index in [2.05, 4.69) is 11.6 Å². The fourth-order valence-corrected chi connectivity index (χ4v) is 6.44. The monoisotopic (exact) mass is 436 g/mol. The molecule has 32 heavy (non-hydrogen) atoms. The Kier molecular flexibility index (Phi) is 6.24. The van der Waals surface area contributed by atoms with Crippen molar-refractivity contribution >= 4 is 0 Å². The van der Waals surface area contributed by atoms with Gasteiger partial charge in [0.1, 0.15) is 19.2 Å². The van der Waals surface area contributed by atoms with Crippen LogP contribution < -0.4 is 5.11 Å². The summed E-state index contributed by atoms with van der Waals surface area (Å²) in [4.78, 5) is 4.62. The maximum absolute atomic E-state index is 14.5. The van der Waals surface area contributed by atoms with E-state index in [0.29, 0.717) is 24.5 Å². The molecule has 0 N–H and O–H groups in total. The van der Waals surface area contributed by atoms with Crippen molar-refractivity contribution in [3.8, 4) is 0 Å². The summed E-state index contributed by atoms with van der Waals surface area (Å²) >= 11 is 0. The third-order valence-corrected chi connectivity index (χ3v) is 8.21. The first-order valence-electron chi connectivity index (χ1n) is 12.4. The molecular formula is C27H36N2O3. The standard InChI is InChI=1S/C27H36N2O3/c1-2-17-31-25-20-29(15-13-21(25)14-16-29)19-24-18-28-26(32-24)27(30,22-9-5-3-6-10-22)23-11-7-4-8-12-23/h2-3,5-6,9-10,18,21,23,25H,1,4,7-8,11-17,19-20H2/t21?,25-,27-,29?/m0/s1. The van der Waals surface area contributed by atoms with Crippen LogP contribution in [0.5, 0.6) is 0 Å². The molecule has 1 aliphatic carbocycles. The van der Waals surface area contributed by atoms with Crippen molar-refractivity contribution in [3.05, 3.63) is 66.4 Å². The zero-order valence-corrected chi connectivity index (χ0v) is 19.1. The first-order valence-corrected chi connectivity index (χ1v) is 12.4. The quantitative estimate of drug-likeness (QED) is 0.460. The van der Waals surface area contributed by atoms with Crippen molar-refractivity contribution in [2.45, 2.75) is 63.2 Å². The molecule has 4 heterocycles. The zero-order valence-electron chi connectivity index (χ0n) is 19.1. The predicted octanol–water partition coefficient (Wildman–Crippen LogP) is 4.17. The average Bonchev–Trinajstić information content (AvgIpc) is 3.32. The number of benzene rings is 1. The Balaban J connectivity index is 1.39. The highest BCUT2D eigenvalue weighted by molar-refractivity contribution is 5.29. The Morgan fingerprint density at radius 2 is 1.88 bits per heavy atom. The normalized spacial score (nSPS) is 30.2. The smallest absolute Gasteiger partial charge is 0.188 e. The van der Waals surface area contributed by atoms with Crippen molar-refractivity contribution in [1.29, 1.82) is 0 Å². The van der Waals surface area contributed by atoms with Crippen LogP contribution in [0.1, 0.15) is 62.2 Å². The zero-order chi connectivity index (χ0) is 22.0. The molecule has 1 saturated carbocycles. The molecule has 2 bridgehead atoms. The second-order valence-corrected chi connectivity index (χ2v) is 10.2. The molecule has 4 fully saturated rings. The van der Waals surface area contributed by atoms with Crippen molar-refractivity contribution in [2.24, 2.45) is 11.8 Å². The molecule has 3 saturated heterocycles. The Morgan fingerprint density at radius 1 is 1.12 bits per heavy atom. The molecule has 0 amide bonds. The Morgan fingerprint density at radius 3 is 2.59 bits per heavy atom. The van der Waals surface area contributed by atoms with Crippen LogP contribution >= 0.6 is 0 Å². The molecule has 5 heteroatoms. The minimum absolute atomic E-state index is 0.0274. The molecule has 2 atom stereocenters. The minimum Gasteiger partial charge on any atom is -0.839 e. The minimum atomic E-state index is -1.41. The molecule has 1 aromatic heterocycles. The van der Waals surface area contributed by atoms with Crippen LogP contribution in [0.15, 0.2) is 53.6 Å². The van der Waals surface area contributed by atoms with Gasteiger partial charge < -0.3 is 18.7 Å². The highest BCUT2D eigenvalue weighted by atomic mass is 16.5. The molecule has 4 aliphatic rings. The molecule has 0 spiro atoms. The maximum atomic E-state index is 14.5. The number of nitrogens with zero attached hydrogens (tertiary/aromatic N) is 2. The summed E-state index contributed by atoms with van der Waals surface area (Å²) in [7, 11) is 0. The number of hydrogen-bond donors (Lipinski definition) is 0. The lowest BCUT2D eigenvalue weighted by atomic mass is 9.73. The van der Waals surface area contributed by atoms with Gasteiger partial charge in [0.2, 0.25) is 0 Å². The fourth-order valence-electron chi connectivity index (χ4n) is 6.44. The van der Waals surface area contributed by atoms with Gasteiger partial charge in [0.25, 0.3) is 0 Å². The van der Waals surface area contributed by atoms with Crippen LogP contribution in [0.25, 0.3) is 0 Å². The molecule has 172 valence electrons. The Labute approximate surface area is 191 Å². The van der Waals surface area contributed by atoms with Gasteiger partial charge in [-0.05, 0) is 17.1 Å². The van der Waals surface area contributed by atoms with Crippen LogP contribution in [-0.4, -0.2) is 41.8 Å². The van der Waals surface area contributed by atoms with Crippen molar-refractivity contribution in [2.75, 3.05) is 26.2 Å². The van der Waals surface area contributed by atoms with Gasteiger partial charge in [-0.25, -0.2) is 4.98 Å². The molecule has 5 nitrogen and oxygen atoms in total. The molecule has 0 radical (unpaired) electrons. The number of ether oxygens (including phenoxy) is 1. The number of oxazole rings is 1. The second kappa shape index (κ2) is 9.12. The van der Waals surface area contributed by atoms with Gasteiger partial charge in [-0.15, -0.1) is 6.58 Å². The van der Waals surface area contributed by atoms with E-state index in [1.54, 1.807) is 0 Å². The average molecular weight is 437 g/mol. The number of aromatic nitrogens is 1. The van der Waals surface area contributed by atoms with Gasteiger partial charge in [0, 0.05) is 18.8 Å². The summed E-state index contributed by atoms with van der Waals surface area (Å²) in [6.07, 6.45) is 11.7. The summed E-state index contributed by atoms with van der Waals surface area (Å²) in [6.45, 7) is 8.52. The van der Waals surface area contributed by atoms with Crippen molar-refractivity contribution in [1.82, 2.24) is 4.98 Å². The molecule has 6 rings (SSSR count). The van der Waals surface area contributed by atoms with Crippen LogP contribution in [0.2, 0.25) is 0 Å². The van der Waals surface area contributed by atoms with E-state index >= 15 is 0 Å². The number of hydrogen-bond acceptors (Lipinski definition) is 4. The van der Waals surface area contributed by atoms with Crippen LogP contribution in [0.3, 0.4) is 0 Å². The van der Waals surface area contributed by atoms with E-state index in [4.69, 9.17) is 9.15 Å². The van der Waals surface area contributed by atoms with Crippen molar-refractivity contribution < 1.29 is 18.7 Å². The largest absolute Gasteiger partial charge is 0.839 e. The van der Waals surface area contributed by atoms with Gasteiger partial charge in [-0.3, -0.25) is 0 Å². The van der Waals surface area contributed by atoms with Gasteiger partial charge >= 0.3 is 0 Å². The lowest BCUT2D eigenvalue weighted by molar-refractivity contribution is -0.959. The number of quaternary nitrogens is 1. The third-order valence-electron chi connectivity index (χ3n) is 8.21. The highest BCUT2D eigenvalue weighted by Crippen LogP contribution is 2.42. The van der Waals surface area contributed by atoms with E-state index in [9.17, 15) is 5.11 Å². The first-order chi connectivity index (χ1) is 15.6. The number of rotatable bonds is 8. The molecule has 1 aromatic carbocycles. The van der Waals surface area contributed by atoms with Gasteiger partial charge in [0.15, 0.2) is 11.7 Å². The summed E-state index contributed by atoms with van der Waals surface area (Å²) in [5.74, 6) is 1.89. The number of fused-ring (bicyclic) bond motifs is 3. The van der Waals surface area contributed by atoms with Gasteiger partial charge in [-0.2, -0.15) is 0 Å².